The second-order valence-electron chi connectivity index (χ2n) is 4.43. The lowest BCUT2D eigenvalue weighted by Crippen LogP contribution is -2.40. The normalized spacial score (nSPS) is 16.2. The molecule has 1 aromatic heterocycles. The molecule has 1 aliphatic heterocycles. The molecule has 1 atom stereocenters. The Morgan fingerprint density at radius 2 is 2.41 bits per heavy atom. The molecule has 2 N–H and O–H groups in total. The van der Waals surface area contributed by atoms with E-state index >= 15 is 0 Å². The van der Waals surface area contributed by atoms with Gasteiger partial charge in [0.2, 0.25) is 5.91 Å². The van der Waals surface area contributed by atoms with Gasteiger partial charge in [-0.2, -0.15) is 5.10 Å². The van der Waals surface area contributed by atoms with Crippen LogP contribution in [0.5, 0.6) is 0 Å². The van der Waals surface area contributed by atoms with Gasteiger partial charge in [-0.3, -0.25) is 9.48 Å². The Hall–Kier alpha value is -1.62. The van der Waals surface area contributed by atoms with Crippen LogP contribution in [-0.2, 0) is 11.3 Å². The highest BCUT2D eigenvalue weighted by atomic mass is 16.1. The minimum absolute atomic E-state index is 0.0288. The van der Waals surface area contributed by atoms with Gasteiger partial charge in [0.15, 0.2) is 0 Å². The summed E-state index contributed by atoms with van der Waals surface area (Å²) in [6, 6.07) is 1.95. The zero-order valence-electron chi connectivity index (χ0n) is 10.2. The number of nitrogens with one attached hydrogen (secondary N) is 2. The van der Waals surface area contributed by atoms with Crippen molar-refractivity contribution >= 4 is 5.91 Å². The Morgan fingerprint density at radius 1 is 1.65 bits per heavy atom. The molecule has 0 saturated carbocycles. The van der Waals surface area contributed by atoms with Gasteiger partial charge in [-0.05, 0) is 25.5 Å². The number of aromatic nitrogens is 2. The van der Waals surface area contributed by atoms with Gasteiger partial charge in [0.1, 0.15) is 0 Å². The van der Waals surface area contributed by atoms with Crippen LogP contribution in [0.15, 0.2) is 29.6 Å². The largest absolute Gasteiger partial charge is 0.348 e. The van der Waals surface area contributed by atoms with Gasteiger partial charge >= 0.3 is 0 Å². The van der Waals surface area contributed by atoms with E-state index in [9.17, 15) is 4.79 Å². The monoisotopic (exact) mass is 234 g/mol. The molecule has 2 heterocycles. The summed E-state index contributed by atoms with van der Waals surface area (Å²) in [5.41, 5.74) is 2.05. The van der Waals surface area contributed by atoms with Crippen LogP contribution in [0.3, 0.4) is 0 Å². The molecule has 5 nitrogen and oxygen atoms in total. The van der Waals surface area contributed by atoms with Crippen molar-refractivity contribution in [1.82, 2.24) is 20.4 Å². The highest BCUT2D eigenvalue weighted by Gasteiger charge is 2.17. The minimum atomic E-state index is 0.0288. The lowest BCUT2D eigenvalue weighted by molar-refractivity contribution is -0.118. The molecular weight excluding hydrogens is 216 g/mol. The third-order valence-electron chi connectivity index (χ3n) is 2.95. The Kier molecular flexibility index (Phi) is 3.58. The second-order valence-corrected chi connectivity index (χ2v) is 4.43. The first kappa shape index (κ1) is 11.9. The van der Waals surface area contributed by atoms with Gasteiger partial charge in [-0.1, -0.05) is 0 Å². The number of hydrogen-bond acceptors (Lipinski definition) is 3. The SMILES string of the molecule is CC(C(=O)NC(C)Cn1cccn1)=C1CNC1. The Labute approximate surface area is 101 Å². The van der Waals surface area contributed by atoms with E-state index in [4.69, 9.17) is 0 Å². The molecular formula is C12H18N4O. The summed E-state index contributed by atoms with van der Waals surface area (Å²) in [6.45, 7) is 6.24. The van der Waals surface area contributed by atoms with Gasteiger partial charge in [0, 0.05) is 37.1 Å². The second kappa shape index (κ2) is 5.14. The van der Waals surface area contributed by atoms with E-state index in [1.54, 1.807) is 6.20 Å². The average molecular weight is 234 g/mol. The van der Waals surface area contributed by atoms with Crippen molar-refractivity contribution in [2.45, 2.75) is 26.4 Å². The molecule has 2 rings (SSSR count). The van der Waals surface area contributed by atoms with E-state index in [1.165, 1.54) is 5.57 Å². The summed E-state index contributed by atoms with van der Waals surface area (Å²) in [4.78, 5) is 11.9. The lowest BCUT2D eigenvalue weighted by Gasteiger charge is -2.22. The number of amides is 1. The first-order valence-corrected chi connectivity index (χ1v) is 5.84. The number of carbonyl (C=O) groups excluding carboxylic acids is 1. The fraction of sp³-hybridized carbons (Fsp3) is 0.500. The highest BCUT2D eigenvalue weighted by molar-refractivity contribution is 5.94. The van der Waals surface area contributed by atoms with E-state index in [0.717, 1.165) is 18.7 Å². The van der Waals surface area contributed by atoms with Crippen LogP contribution in [0, 0.1) is 0 Å². The van der Waals surface area contributed by atoms with Crippen molar-refractivity contribution in [3.05, 3.63) is 29.6 Å². The van der Waals surface area contributed by atoms with Crippen molar-refractivity contribution in [2.24, 2.45) is 0 Å². The predicted molar refractivity (Wildman–Crippen MR) is 65.4 cm³/mol. The number of hydrogen-bond donors (Lipinski definition) is 2. The molecule has 0 aromatic carbocycles. The minimum Gasteiger partial charge on any atom is -0.348 e. The van der Waals surface area contributed by atoms with E-state index in [0.29, 0.717) is 6.54 Å². The molecule has 1 fully saturated rings. The third kappa shape index (κ3) is 2.94. The molecule has 17 heavy (non-hydrogen) atoms. The molecule has 1 amide bonds. The lowest BCUT2D eigenvalue weighted by atomic mass is 10.0. The topological polar surface area (TPSA) is 59.0 Å². The summed E-state index contributed by atoms with van der Waals surface area (Å²) in [6.07, 6.45) is 3.63. The van der Waals surface area contributed by atoms with Gasteiger partial charge < -0.3 is 10.6 Å². The number of nitrogens with zero attached hydrogens (tertiary/aromatic N) is 2. The molecule has 1 unspecified atom stereocenters. The highest BCUT2D eigenvalue weighted by Crippen LogP contribution is 2.08. The summed E-state index contributed by atoms with van der Waals surface area (Å²) in [5.74, 6) is 0.0288. The van der Waals surface area contributed by atoms with Gasteiger partial charge in [0.25, 0.3) is 0 Å². The van der Waals surface area contributed by atoms with Gasteiger partial charge in [-0.15, -0.1) is 0 Å². The first-order chi connectivity index (χ1) is 8.16. The van der Waals surface area contributed by atoms with Crippen LogP contribution in [0.25, 0.3) is 0 Å². The number of carbonyl (C=O) groups is 1. The van der Waals surface area contributed by atoms with Crippen LogP contribution in [0.4, 0.5) is 0 Å². The Balaban J connectivity index is 1.86. The summed E-state index contributed by atoms with van der Waals surface area (Å²) in [7, 11) is 0. The molecule has 0 aliphatic carbocycles. The summed E-state index contributed by atoms with van der Waals surface area (Å²) < 4.78 is 1.82. The summed E-state index contributed by atoms with van der Waals surface area (Å²) in [5, 5.41) is 10.2. The average Bonchev–Trinajstić information content (AvgIpc) is 2.67. The molecule has 1 saturated heterocycles. The van der Waals surface area contributed by atoms with Crippen molar-refractivity contribution < 1.29 is 4.79 Å². The van der Waals surface area contributed by atoms with E-state index in [2.05, 4.69) is 15.7 Å². The van der Waals surface area contributed by atoms with Crippen molar-refractivity contribution in [3.8, 4) is 0 Å². The third-order valence-corrected chi connectivity index (χ3v) is 2.95. The fourth-order valence-corrected chi connectivity index (χ4v) is 1.74. The molecule has 1 aliphatic rings. The quantitative estimate of drug-likeness (QED) is 0.737. The molecule has 5 heteroatoms. The molecule has 1 aromatic rings. The smallest absolute Gasteiger partial charge is 0.247 e. The zero-order valence-corrected chi connectivity index (χ0v) is 10.2. The van der Waals surface area contributed by atoms with Crippen molar-refractivity contribution in [3.63, 3.8) is 0 Å². The number of rotatable bonds is 4. The van der Waals surface area contributed by atoms with Crippen molar-refractivity contribution in [2.75, 3.05) is 13.1 Å². The predicted octanol–water partition coefficient (Wildman–Crippen LogP) is 0.307. The molecule has 0 bridgehead atoms. The first-order valence-electron chi connectivity index (χ1n) is 5.84. The molecule has 0 spiro atoms. The van der Waals surface area contributed by atoms with Crippen LogP contribution < -0.4 is 10.6 Å². The maximum absolute atomic E-state index is 11.9. The van der Waals surface area contributed by atoms with Gasteiger partial charge in [-0.25, -0.2) is 0 Å². The molecule has 0 radical (unpaired) electrons. The Bertz CT molecular complexity index is 416. The van der Waals surface area contributed by atoms with E-state index in [1.807, 2.05) is 30.8 Å². The fourth-order valence-electron chi connectivity index (χ4n) is 1.74. The van der Waals surface area contributed by atoms with Crippen molar-refractivity contribution in [1.29, 1.82) is 0 Å². The van der Waals surface area contributed by atoms with Crippen LogP contribution in [0.1, 0.15) is 13.8 Å². The van der Waals surface area contributed by atoms with E-state index in [-0.39, 0.29) is 11.9 Å². The molecule has 92 valence electrons. The zero-order chi connectivity index (χ0) is 12.3. The summed E-state index contributed by atoms with van der Waals surface area (Å²) >= 11 is 0. The van der Waals surface area contributed by atoms with E-state index < -0.39 is 0 Å². The van der Waals surface area contributed by atoms with Crippen LogP contribution in [-0.4, -0.2) is 34.8 Å². The van der Waals surface area contributed by atoms with Gasteiger partial charge in [0.05, 0.1) is 6.54 Å². The van der Waals surface area contributed by atoms with Crippen LogP contribution >= 0.6 is 0 Å². The maximum Gasteiger partial charge on any atom is 0.247 e. The van der Waals surface area contributed by atoms with Crippen LogP contribution in [0.2, 0.25) is 0 Å². The maximum atomic E-state index is 11.9. The Morgan fingerprint density at radius 3 is 2.94 bits per heavy atom. The standard InChI is InChI=1S/C12H18N4O/c1-9(8-16-5-3-4-14-16)15-12(17)10(2)11-6-13-7-11/h3-5,9,13H,6-8H2,1-2H3,(H,15,17).